The highest BCUT2D eigenvalue weighted by Gasteiger charge is 2.08. The van der Waals surface area contributed by atoms with Gasteiger partial charge in [0.05, 0.1) is 22.8 Å². The van der Waals surface area contributed by atoms with Gasteiger partial charge in [0.2, 0.25) is 0 Å². The van der Waals surface area contributed by atoms with Gasteiger partial charge in [-0.3, -0.25) is 0 Å². The van der Waals surface area contributed by atoms with E-state index in [1.54, 1.807) is 24.3 Å². The number of phenols is 1. The highest BCUT2D eigenvalue weighted by Crippen LogP contribution is 2.34. The minimum Gasteiger partial charge on any atom is -0.504 e. The molecule has 2 rings (SSSR count). The molecule has 0 aliphatic carbocycles. The first-order chi connectivity index (χ1) is 9.51. The molecule has 0 aromatic heterocycles. The average molecular weight is 333 g/mol. The lowest BCUT2D eigenvalue weighted by molar-refractivity contribution is 0.373. The van der Waals surface area contributed by atoms with Gasteiger partial charge in [-0.05, 0) is 29.8 Å². The quantitative estimate of drug-likeness (QED) is 0.830. The van der Waals surface area contributed by atoms with Crippen LogP contribution in [0.1, 0.15) is 5.56 Å². The van der Waals surface area contributed by atoms with Crippen LogP contribution < -0.4 is 10.1 Å². The summed E-state index contributed by atoms with van der Waals surface area (Å²) in [5, 5.41) is 14.2. The lowest BCUT2D eigenvalue weighted by Crippen LogP contribution is -2.01. The van der Waals surface area contributed by atoms with Gasteiger partial charge in [-0.25, -0.2) is 0 Å². The van der Waals surface area contributed by atoms with Crippen LogP contribution in [0.15, 0.2) is 30.3 Å². The molecule has 0 saturated heterocycles. The molecule has 20 heavy (non-hydrogen) atoms. The second-order valence-electron chi connectivity index (χ2n) is 4.10. The molecule has 2 aromatic rings. The van der Waals surface area contributed by atoms with Crippen LogP contribution >= 0.6 is 34.8 Å². The highest BCUT2D eigenvalue weighted by molar-refractivity contribution is 6.41. The second-order valence-corrected chi connectivity index (χ2v) is 5.36. The smallest absolute Gasteiger partial charge is 0.160 e. The first-order valence-corrected chi connectivity index (χ1v) is 6.89. The van der Waals surface area contributed by atoms with E-state index in [0.717, 1.165) is 5.56 Å². The fourth-order valence-corrected chi connectivity index (χ4v) is 2.70. The zero-order valence-corrected chi connectivity index (χ0v) is 12.9. The molecule has 2 N–H and O–H groups in total. The number of methoxy groups -OCH3 is 1. The molecule has 6 heteroatoms. The van der Waals surface area contributed by atoms with Gasteiger partial charge in [0.25, 0.3) is 0 Å². The number of ether oxygens (including phenoxy) is 1. The van der Waals surface area contributed by atoms with Crippen LogP contribution in [-0.2, 0) is 6.54 Å². The number of benzene rings is 2. The first kappa shape index (κ1) is 15.1. The molecule has 106 valence electrons. The zero-order valence-electron chi connectivity index (χ0n) is 10.6. The topological polar surface area (TPSA) is 41.5 Å². The standard InChI is InChI=1S/C14H12Cl3NO2/c1-20-13-3-2-8(4-12(13)19)7-18-14-10(16)5-9(15)6-11(14)17/h2-6,18-19H,7H2,1H3. The second kappa shape index (κ2) is 6.44. The maximum absolute atomic E-state index is 9.71. The zero-order chi connectivity index (χ0) is 14.7. The van der Waals surface area contributed by atoms with Crippen molar-refractivity contribution < 1.29 is 9.84 Å². The lowest BCUT2D eigenvalue weighted by atomic mass is 10.2. The van der Waals surface area contributed by atoms with Crippen molar-refractivity contribution in [1.29, 1.82) is 0 Å². The van der Waals surface area contributed by atoms with Gasteiger partial charge in [0.1, 0.15) is 0 Å². The highest BCUT2D eigenvalue weighted by atomic mass is 35.5. The van der Waals surface area contributed by atoms with E-state index in [0.29, 0.717) is 33.0 Å². The van der Waals surface area contributed by atoms with Crippen LogP contribution in [0.25, 0.3) is 0 Å². The molecule has 0 amide bonds. The van der Waals surface area contributed by atoms with Crippen LogP contribution in [0.5, 0.6) is 11.5 Å². The van der Waals surface area contributed by atoms with Crippen LogP contribution in [-0.4, -0.2) is 12.2 Å². The molecule has 0 heterocycles. The third kappa shape index (κ3) is 3.42. The van der Waals surface area contributed by atoms with Gasteiger partial charge < -0.3 is 15.2 Å². The molecular formula is C14H12Cl3NO2. The Kier molecular flexibility index (Phi) is 4.86. The van der Waals surface area contributed by atoms with Crippen molar-refractivity contribution in [3.8, 4) is 11.5 Å². The van der Waals surface area contributed by atoms with Crippen LogP contribution in [0.3, 0.4) is 0 Å². The van der Waals surface area contributed by atoms with E-state index in [1.165, 1.54) is 7.11 Å². The van der Waals surface area contributed by atoms with E-state index in [9.17, 15) is 5.11 Å². The van der Waals surface area contributed by atoms with E-state index < -0.39 is 0 Å². The van der Waals surface area contributed by atoms with Crippen molar-refractivity contribution in [2.24, 2.45) is 0 Å². The first-order valence-electron chi connectivity index (χ1n) is 5.75. The SMILES string of the molecule is COc1ccc(CNc2c(Cl)cc(Cl)cc2Cl)cc1O. The minimum atomic E-state index is 0.0834. The van der Waals surface area contributed by atoms with Crippen molar-refractivity contribution in [3.05, 3.63) is 51.0 Å². The summed E-state index contributed by atoms with van der Waals surface area (Å²) in [5.74, 6) is 0.511. The summed E-state index contributed by atoms with van der Waals surface area (Å²) in [6, 6.07) is 8.37. The minimum absolute atomic E-state index is 0.0834. The van der Waals surface area contributed by atoms with Crippen molar-refractivity contribution in [1.82, 2.24) is 0 Å². The van der Waals surface area contributed by atoms with Gasteiger partial charge >= 0.3 is 0 Å². The molecule has 0 aliphatic rings. The van der Waals surface area contributed by atoms with E-state index >= 15 is 0 Å². The predicted octanol–water partition coefficient (Wildman–Crippen LogP) is 4.97. The number of rotatable bonds is 4. The van der Waals surface area contributed by atoms with Gasteiger partial charge in [0.15, 0.2) is 11.5 Å². The fourth-order valence-electron chi connectivity index (χ4n) is 1.75. The predicted molar refractivity (Wildman–Crippen MR) is 83.5 cm³/mol. The number of anilines is 1. The Hall–Kier alpha value is -1.29. The molecule has 2 aromatic carbocycles. The lowest BCUT2D eigenvalue weighted by Gasteiger charge is -2.12. The Morgan fingerprint density at radius 1 is 1.10 bits per heavy atom. The van der Waals surface area contributed by atoms with Crippen molar-refractivity contribution in [2.75, 3.05) is 12.4 Å². The summed E-state index contributed by atoms with van der Waals surface area (Å²) in [5.41, 5.74) is 1.47. The van der Waals surface area contributed by atoms with E-state index in [-0.39, 0.29) is 5.75 Å². The van der Waals surface area contributed by atoms with Crippen molar-refractivity contribution in [2.45, 2.75) is 6.54 Å². The molecule has 0 saturated carbocycles. The number of phenolic OH excluding ortho intramolecular Hbond substituents is 1. The van der Waals surface area contributed by atoms with Gasteiger partial charge in [-0.1, -0.05) is 40.9 Å². The Balaban J connectivity index is 2.15. The normalized spacial score (nSPS) is 10.4. The number of nitrogens with one attached hydrogen (secondary N) is 1. The molecule has 0 fully saturated rings. The number of hydrogen-bond donors (Lipinski definition) is 2. The molecule has 3 nitrogen and oxygen atoms in total. The van der Waals surface area contributed by atoms with Crippen LogP contribution in [0, 0.1) is 0 Å². The molecule has 0 aliphatic heterocycles. The number of hydrogen-bond acceptors (Lipinski definition) is 3. The third-order valence-electron chi connectivity index (χ3n) is 2.72. The molecule has 0 spiro atoms. The Bertz CT molecular complexity index is 609. The van der Waals surface area contributed by atoms with Crippen molar-refractivity contribution in [3.63, 3.8) is 0 Å². The molecule has 0 bridgehead atoms. The average Bonchev–Trinajstić information content (AvgIpc) is 2.37. The number of aromatic hydroxyl groups is 1. The van der Waals surface area contributed by atoms with E-state index in [2.05, 4.69) is 5.32 Å². The van der Waals surface area contributed by atoms with Gasteiger partial charge in [0, 0.05) is 11.6 Å². The van der Waals surface area contributed by atoms with Gasteiger partial charge in [-0.15, -0.1) is 0 Å². The summed E-state index contributed by atoms with van der Waals surface area (Å²) < 4.78 is 4.99. The summed E-state index contributed by atoms with van der Waals surface area (Å²) in [6.07, 6.45) is 0. The number of halogens is 3. The summed E-state index contributed by atoms with van der Waals surface area (Å²) >= 11 is 18.0. The third-order valence-corrected chi connectivity index (χ3v) is 3.53. The van der Waals surface area contributed by atoms with E-state index in [4.69, 9.17) is 39.5 Å². The Labute approximate surface area is 132 Å². The maximum Gasteiger partial charge on any atom is 0.160 e. The maximum atomic E-state index is 9.71. The monoisotopic (exact) mass is 331 g/mol. The summed E-state index contributed by atoms with van der Waals surface area (Å²) in [6.45, 7) is 0.457. The summed E-state index contributed by atoms with van der Waals surface area (Å²) in [4.78, 5) is 0. The largest absolute Gasteiger partial charge is 0.504 e. The fraction of sp³-hybridized carbons (Fsp3) is 0.143. The molecule has 0 atom stereocenters. The molecule has 0 radical (unpaired) electrons. The molecule has 0 unspecified atom stereocenters. The van der Waals surface area contributed by atoms with Crippen LogP contribution in [0.4, 0.5) is 5.69 Å². The van der Waals surface area contributed by atoms with Crippen molar-refractivity contribution >= 4 is 40.5 Å². The van der Waals surface area contributed by atoms with Crippen LogP contribution in [0.2, 0.25) is 15.1 Å². The summed E-state index contributed by atoms with van der Waals surface area (Å²) in [7, 11) is 1.50. The van der Waals surface area contributed by atoms with E-state index in [1.807, 2.05) is 6.07 Å². The Morgan fingerprint density at radius 2 is 1.75 bits per heavy atom. The Morgan fingerprint density at radius 3 is 2.30 bits per heavy atom. The molecular weight excluding hydrogens is 321 g/mol. The van der Waals surface area contributed by atoms with Gasteiger partial charge in [-0.2, -0.15) is 0 Å².